The first-order valence-corrected chi connectivity index (χ1v) is 34.0. The molecule has 4 aromatic rings. The molecule has 2 aliphatic heterocycles. The van der Waals surface area contributed by atoms with Gasteiger partial charge in [-0.25, -0.2) is 0 Å². The number of unbranched alkanes of at least 4 members (excludes halogenated alkanes) is 1. The van der Waals surface area contributed by atoms with Gasteiger partial charge >= 0.3 is 0 Å². The van der Waals surface area contributed by atoms with Crippen molar-refractivity contribution in [3.8, 4) is 5.75 Å². The van der Waals surface area contributed by atoms with Crippen LogP contribution in [0.15, 0.2) is 90.1 Å². The lowest BCUT2D eigenvalue weighted by molar-refractivity contribution is -0.318. The Labute approximate surface area is 557 Å². The van der Waals surface area contributed by atoms with Crippen LogP contribution in [0.5, 0.6) is 5.75 Å². The number of nitrogens with one attached hydrogen (secondary N) is 9. The van der Waals surface area contributed by atoms with Crippen LogP contribution in [0.2, 0.25) is 0 Å². The summed E-state index contributed by atoms with van der Waals surface area (Å²) in [6.07, 6.45) is -6.75. The largest absolute Gasteiger partial charge is 0.508 e. The number of phenols is 1. The second-order valence-corrected chi connectivity index (χ2v) is 27.8. The van der Waals surface area contributed by atoms with E-state index in [1.807, 2.05) is 13.8 Å². The van der Waals surface area contributed by atoms with Crippen LogP contribution in [0.4, 0.5) is 0 Å². The maximum atomic E-state index is 15.2. The zero-order valence-corrected chi connectivity index (χ0v) is 55.1. The molecular formula is C65H88N10O18S2. The highest BCUT2D eigenvalue weighted by molar-refractivity contribution is 8.76. The SMILES string of the molecule is CC(=NCCCC[C@@H]1NC(=O)[C@@H](Cc2c[nH]c3ccccc23)NC(=O)[C@H](Cc2ccc(O)cc2)NC(=O)[C@@H](NC(=O)[C@@H](Cc2ccccc2)NC[C@@]2(O)OC[C@@H](O)[C@@H](O)[C@@H]2O)CSSC[C@@H](C(=O)N[C@@H](CO)[C@@H](C)O)NC(=O)[C@H]([C@@H](C)O)NC1=O)C1C(=O)CC(C)(C)CC1=O. The molecule has 518 valence electrons. The summed E-state index contributed by atoms with van der Waals surface area (Å²) >= 11 is 0. The maximum absolute atomic E-state index is 15.2. The predicted octanol–water partition coefficient (Wildman–Crippen LogP) is -1.59. The quantitative estimate of drug-likeness (QED) is 0.0183. The molecule has 1 saturated carbocycles. The fraction of sp³-hybridized carbons (Fsp3) is 0.538. The number of aromatic hydroxyl groups is 1. The zero-order chi connectivity index (χ0) is 69.3. The van der Waals surface area contributed by atoms with Gasteiger partial charge in [0.2, 0.25) is 47.1 Å². The van der Waals surface area contributed by atoms with Crippen LogP contribution in [0.25, 0.3) is 10.9 Å². The summed E-state index contributed by atoms with van der Waals surface area (Å²) in [5.74, 6) is -11.6. The molecule has 1 aromatic heterocycles. The van der Waals surface area contributed by atoms with Gasteiger partial charge in [0.05, 0.1) is 44.1 Å². The number of ketones is 2. The number of rotatable bonds is 22. The number of hydrogen-bond acceptors (Lipinski definition) is 22. The highest BCUT2D eigenvalue weighted by Crippen LogP contribution is 2.35. The highest BCUT2D eigenvalue weighted by atomic mass is 33.1. The van der Waals surface area contributed by atoms with E-state index in [1.165, 1.54) is 38.1 Å². The van der Waals surface area contributed by atoms with Crippen molar-refractivity contribution in [1.29, 1.82) is 0 Å². The summed E-state index contributed by atoms with van der Waals surface area (Å²) in [5, 5.41) is 107. The van der Waals surface area contributed by atoms with E-state index < -0.39 is 157 Å². The number of aromatic amines is 1. The zero-order valence-electron chi connectivity index (χ0n) is 53.5. The maximum Gasteiger partial charge on any atom is 0.245 e. The standard InChI is InChI=1S/C65H88N10O18S2/c1-34(53-50(80)26-64(4,5)27-51(53)81)66-22-12-11-17-43-57(85)75-54(36(3)78)63(91)74-49(62(90)72-47(29-76)35(2)77)32-95-94-31-48(73-58(86)44(23-37-13-7-6-8-14-37)68-33-65(92)56(84)55(83)52(82)30-93-65)61(89)70-45(24-38-18-20-40(79)21-19-38)59(87)71-46(60(88)69-43)25-39-28-67-42-16-10-9-15-41(39)42/h6-10,13-16,18-21,28,35-36,43-49,52-56,67-68,76-79,82-84,92H,11-12,17,22-27,29-33H2,1-5H3,(H,69,88)(H,70,89)(H,71,87)(H,72,90)(H,73,86)(H,74,91)(H,75,85)/t35-,36-,43+,44-,45+,46-,47+,48+,49+,52-,54+,55-,56+,65-/m1/s1. The molecule has 30 heteroatoms. The number of aliphatic imine (C=N–C) groups is 1. The van der Waals surface area contributed by atoms with E-state index in [0.717, 1.165) is 21.6 Å². The summed E-state index contributed by atoms with van der Waals surface area (Å²) in [6.45, 7) is 5.87. The minimum Gasteiger partial charge on any atom is -0.508 e. The van der Waals surface area contributed by atoms with Crippen molar-refractivity contribution in [2.75, 3.05) is 37.8 Å². The average molecular weight is 1360 g/mol. The Morgan fingerprint density at radius 2 is 1.37 bits per heavy atom. The third-order valence-electron chi connectivity index (χ3n) is 16.9. The number of H-pyrrole nitrogens is 1. The average Bonchev–Trinajstić information content (AvgIpc) is 1.06. The molecule has 0 bridgehead atoms. The number of aliphatic hydroxyl groups excluding tert-OH is 6. The Balaban J connectivity index is 1.27. The first kappa shape index (κ1) is 75.0. The van der Waals surface area contributed by atoms with Crippen molar-refractivity contribution in [2.45, 2.75) is 171 Å². The third-order valence-corrected chi connectivity index (χ3v) is 19.3. The Morgan fingerprint density at radius 1 is 0.747 bits per heavy atom. The van der Waals surface area contributed by atoms with Crippen LogP contribution in [-0.2, 0) is 67.2 Å². The number of aliphatic hydroxyl groups is 7. The molecule has 0 unspecified atom stereocenters. The number of para-hydroxylation sites is 1. The molecular weight excluding hydrogens is 1270 g/mol. The second-order valence-electron chi connectivity index (χ2n) is 25.3. The van der Waals surface area contributed by atoms with Crippen molar-refractivity contribution < 1.29 is 88.7 Å². The molecule has 1 aliphatic carbocycles. The number of amides is 7. The minimum atomic E-state index is -2.53. The number of aromatic nitrogens is 1. The van der Waals surface area contributed by atoms with Crippen molar-refractivity contribution in [1.82, 2.24) is 47.5 Å². The number of Topliss-reactive ketones (excluding diaryl/α,β-unsaturated/α-hetero) is 2. The van der Waals surface area contributed by atoms with Gasteiger partial charge in [0.25, 0.3) is 0 Å². The molecule has 14 atom stereocenters. The van der Waals surface area contributed by atoms with Crippen LogP contribution in [-0.4, -0.2) is 227 Å². The van der Waals surface area contributed by atoms with E-state index in [0.29, 0.717) is 33.3 Å². The Morgan fingerprint density at radius 3 is 2.03 bits per heavy atom. The summed E-state index contributed by atoms with van der Waals surface area (Å²) < 4.78 is 5.37. The number of hydrogen-bond donors (Lipinski definition) is 17. The Hall–Kier alpha value is -7.36. The van der Waals surface area contributed by atoms with Gasteiger partial charge in [0.1, 0.15) is 77.8 Å². The molecule has 3 aromatic carbocycles. The monoisotopic (exact) mass is 1360 g/mol. The normalized spacial score (nSPS) is 27.0. The van der Waals surface area contributed by atoms with Crippen LogP contribution in [0.1, 0.15) is 83.4 Å². The van der Waals surface area contributed by atoms with Gasteiger partial charge < -0.3 is 93.1 Å². The predicted molar refractivity (Wildman–Crippen MR) is 352 cm³/mol. The van der Waals surface area contributed by atoms with Gasteiger partial charge in [-0.05, 0) is 86.8 Å². The molecule has 28 nitrogen and oxygen atoms in total. The summed E-state index contributed by atoms with van der Waals surface area (Å²) in [5.41, 5.74) is 2.04. The topological polar surface area (TPSA) is 449 Å². The van der Waals surface area contributed by atoms with Crippen molar-refractivity contribution in [3.63, 3.8) is 0 Å². The molecule has 3 fully saturated rings. The van der Waals surface area contributed by atoms with Gasteiger partial charge in [-0.1, -0.05) is 96.1 Å². The van der Waals surface area contributed by atoms with Crippen molar-refractivity contribution >= 4 is 91.1 Å². The third kappa shape index (κ3) is 21.1. The van der Waals surface area contributed by atoms with E-state index in [-0.39, 0.29) is 86.7 Å². The van der Waals surface area contributed by atoms with Crippen LogP contribution in [0, 0.1) is 11.3 Å². The number of benzene rings is 3. The second kappa shape index (κ2) is 34.5. The number of phenolic OH excluding ortho intramolecular Hbond substituents is 1. The molecule has 3 heterocycles. The number of ether oxygens (including phenoxy) is 1. The first-order chi connectivity index (χ1) is 45.1. The number of carbonyl (C=O) groups is 9. The molecule has 2 saturated heterocycles. The molecule has 7 amide bonds. The van der Waals surface area contributed by atoms with E-state index in [1.54, 1.807) is 67.7 Å². The van der Waals surface area contributed by atoms with Gasteiger partial charge in [-0.2, -0.15) is 0 Å². The molecule has 0 spiro atoms. The lowest BCUT2D eigenvalue weighted by atomic mass is 9.70. The minimum absolute atomic E-state index is 0.102. The first-order valence-electron chi connectivity index (χ1n) is 31.5. The number of fused-ring (bicyclic) bond motifs is 1. The lowest BCUT2D eigenvalue weighted by Crippen LogP contribution is -2.66. The fourth-order valence-electron chi connectivity index (χ4n) is 11.4. The number of carbonyl (C=O) groups excluding carboxylic acids is 9. The molecule has 3 aliphatic rings. The fourth-order valence-corrected chi connectivity index (χ4v) is 13.7. The van der Waals surface area contributed by atoms with E-state index in [2.05, 4.69) is 52.5 Å². The summed E-state index contributed by atoms with van der Waals surface area (Å²) in [6, 6.07) is 9.09. The van der Waals surface area contributed by atoms with Gasteiger partial charge in [-0.3, -0.25) is 48.1 Å². The van der Waals surface area contributed by atoms with Crippen LogP contribution >= 0.6 is 21.6 Å². The van der Waals surface area contributed by atoms with E-state index in [9.17, 15) is 69.6 Å². The summed E-state index contributed by atoms with van der Waals surface area (Å²) in [4.78, 5) is 138. The highest BCUT2D eigenvalue weighted by Gasteiger charge is 2.49. The van der Waals surface area contributed by atoms with Gasteiger partial charge in [0.15, 0.2) is 0 Å². The van der Waals surface area contributed by atoms with Crippen molar-refractivity contribution in [2.24, 2.45) is 16.3 Å². The molecule has 17 N–H and O–H groups in total. The molecule has 0 radical (unpaired) electrons. The molecule has 95 heavy (non-hydrogen) atoms. The van der Waals surface area contributed by atoms with Crippen LogP contribution in [0.3, 0.4) is 0 Å². The smallest absolute Gasteiger partial charge is 0.245 e. The van der Waals surface area contributed by atoms with Gasteiger partial charge in [0, 0.05) is 66.5 Å². The molecule has 7 rings (SSSR count). The van der Waals surface area contributed by atoms with Crippen molar-refractivity contribution in [3.05, 3.63) is 102 Å². The van der Waals surface area contributed by atoms with E-state index in [4.69, 9.17) is 4.74 Å². The van der Waals surface area contributed by atoms with E-state index >= 15 is 14.4 Å². The van der Waals surface area contributed by atoms with Crippen LogP contribution < -0.4 is 42.5 Å². The Kier molecular flexibility index (Phi) is 27.3. The Bertz CT molecular complexity index is 3340. The van der Waals surface area contributed by atoms with Gasteiger partial charge in [-0.15, -0.1) is 0 Å². The number of nitrogens with zero attached hydrogens (tertiary/aromatic N) is 1. The summed E-state index contributed by atoms with van der Waals surface area (Å²) in [7, 11) is 1.81. The lowest BCUT2D eigenvalue weighted by Gasteiger charge is -2.42.